The van der Waals surface area contributed by atoms with Gasteiger partial charge in [0.2, 0.25) is 11.8 Å². The van der Waals surface area contributed by atoms with Gasteiger partial charge >= 0.3 is 0 Å². The highest BCUT2D eigenvalue weighted by Gasteiger charge is 2.28. The van der Waals surface area contributed by atoms with Crippen LogP contribution >= 0.6 is 0 Å². The van der Waals surface area contributed by atoms with E-state index in [-0.39, 0.29) is 17.6 Å². The Balaban J connectivity index is 2.15. The Morgan fingerprint density at radius 1 is 1.39 bits per heavy atom. The number of hydrogen-bond acceptors (Lipinski definition) is 3. The second kappa shape index (κ2) is 5.21. The number of carbonyl (C=O) groups excluding carboxylic acids is 2. The van der Waals surface area contributed by atoms with Crippen molar-refractivity contribution in [3.63, 3.8) is 0 Å². The minimum absolute atomic E-state index is 0.0850. The molecule has 96 valence electrons. The number of benzene rings is 1. The van der Waals surface area contributed by atoms with E-state index in [1.54, 1.807) is 31.2 Å². The van der Waals surface area contributed by atoms with E-state index in [1.165, 1.54) is 4.90 Å². The van der Waals surface area contributed by atoms with E-state index in [0.29, 0.717) is 13.0 Å². The maximum Gasteiger partial charge on any atom is 0.236 e. The van der Waals surface area contributed by atoms with Gasteiger partial charge in [0.05, 0.1) is 5.92 Å². The SMILES string of the molecule is CC(C(=O)N1CCCCC1=O)c1cccc(O)c1. The van der Waals surface area contributed by atoms with Gasteiger partial charge in [-0.3, -0.25) is 14.5 Å². The number of carbonyl (C=O) groups is 2. The molecule has 1 unspecified atom stereocenters. The molecular weight excluding hydrogens is 230 g/mol. The number of aromatic hydroxyl groups is 1. The Kier molecular flexibility index (Phi) is 3.65. The molecule has 0 aromatic heterocycles. The standard InChI is InChI=1S/C14H17NO3/c1-10(11-5-4-6-12(16)9-11)14(18)15-8-3-2-7-13(15)17/h4-6,9-10,16H,2-3,7-8H2,1H3. The van der Waals surface area contributed by atoms with Crippen LogP contribution in [0.5, 0.6) is 5.75 Å². The van der Waals surface area contributed by atoms with Crippen molar-refractivity contribution in [2.45, 2.75) is 32.1 Å². The summed E-state index contributed by atoms with van der Waals surface area (Å²) in [5.74, 6) is -0.528. The smallest absolute Gasteiger partial charge is 0.236 e. The van der Waals surface area contributed by atoms with E-state index in [4.69, 9.17) is 0 Å². The van der Waals surface area contributed by atoms with Gasteiger partial charge in [0.25, 0.3) is 0 Å². The van der Waals surface area contributed by atoms with Crippen molar-refractivity contribution >= 4 is 11.8 Å². The number of piperidine rings is 1. The van der Waals surface area contributed by atoms with E-state index in [1.807, 2.05) is 0 Å². The van der Waals surface area contributed by atoms with Crippen molar-refractivity contribution in [2.75, 3.05) is 6.54 Å². The van der Waals surface area contributed by atoms with Crippen LogP contribution in [0.15, 0.2) is 24.3 Å². The Morgan fingerprint density at radius 3 is 2.83 bits per heavy atom. The molecule has 1 saturated heterocycles. The van der Waals surface area contributed by atoms with Gasteiger partial charge in [0.1, 0.15) is 5.75 Å². The van der Waals surface area contributed by atoms with Crippen molar-refractivity contribution in [2.24, 2.45) is 0 Å². The summed E-state index contributed by atoms with van der Waals surface area (Å²) in [6, 6.07) is 6.62. The Hall–Kier alpha value is -1.84. The molecule has 1 aliphatic rings. The molecule has 1 atom stereocenters. The minimum atomic E-state index is -0.404. The van der Waals surface area contributed by atoms with Crippen LogP contribution in [-0.4, -0.2) is 28.4 Å². The van der Waals surface area contributed by atoms with E-state index in [2.05, 4.69) is 0 Å². The van der Waals surface area contributed by atoms with Crippen molar-refractivity contribution in [1.29, 1.82) is 0 Å². The van der Waals surface area contributed by atoms with Gasteiger partial charge < -0.3 is 5.11 Å². The largest absolute Gasteiger partial charge is 0.508 e. The molecule has 1 aromatic rings. The monoisotopic (exact) mass is 247 g/mol. The number of imide groups is 1. The highest BCUT2D eigenvalue weighted by molar-refractivity contribution is 5.98. The topological polar surface area (TPSA) is 57.6 Å². The normalized spacial score (nSPS) is 17.6. The number of rotatable bonds is 2. The zero-order valence-corrected chi connectivity index (χ0v) is 10.4. The maximum atomic E-state index is 12.2. The van der Waals surface area contributed by atoms with Gasteiger partial charge in [-0.1, -0.05) is 12.1 Å². The molecule has 1 heterocycles. The lowest BCUT2D eigenvalue weighted by atomic mass is 9.98. The van der Waals surface area contributed by atoms with Crippen LogP contribution in [0.1, 0.15) is 37.7 Å². The van der Waals surface area contributed by atoms with Crippen molar-refractivity contribution in [3.8, 4) is 5.75 Å². The first-order chi connectivity index (χ1) is 8.59. The zero-order valence-electron chi connectivity index (χ0n) is 10.4. The predicted molar refractivity (Wildman–Crippen MR) is 67.1 cm³/mol. The summed E-state index contributed by atoms with van der Waals surface area (Å²) in [7, 11) is 0. The van der Waals surface area contributed by atoms with E-state index < -0.39 is 5.92 Å². The van der Waals surface area contributed by atoms with Crippen LogP contribution in [0.2, 0.25) is 0 Å². The fourth-order valence-corrected chi connectivity index (χ4v) is 2.21. The average molecular weight is 247 g/mol. The highest BCUT2D eigenvalue weighted by Crippen LogP contribution is 2.23. The third-order valence-electron chi connectivity index (χ3n) is 3.33. The van der Waals surface area contributed by atoms with Crippen LogP contribution in [0, 0.1) is 0 Å². The molecule has 1 N–H and O–H groups in total. The van der Waals surface area contributed by atoms with Crippen LogP contribution < -0.4 is 0 Å². The summed E-state index contributed by atoms with van der Waals surface area (Å²) >= 11 is 0. The lowest BCUT2D eigenvalue weighted by Crippen LogP contribution is -2.42. The van der Waals surface area contributed by atoms with Gasteiger partial charge in [-0.2, -0.15) is 0 Å². The summed E-state index contributed by atoms with van der Waals surface area (Å²) in [5.41, 5.74) is 0.735. The summed E-state index contributed by atoms with van der Waals surface area (Å²) in [5, 5.41) is 9.41. The van der Waals surface area contributed by atoms with E-state index in [9.17, 15) is 14.7 Å². The molecule has 4 heteroatoms. The molecule has 1 aromatic carbocycles. The quantitative estimate of drug-likeness (QED) is 0.870. The van der Waals surface area contributed by atoms with Crippen molar-refractivity contribution < 1.29 is 14.7 Å². The van der Waals surface area contributed by atoms with E-state index >= 15 is 0 Å². The molecule has 4 nitrogen and oxygen atoms in total. The molecule has 1 aliphatic heterocycles. The molecule has 0 aliphatic carbocycles. The average Bonchev–Trinajstić information content (AvgIpc) is 2.37. The molecule has 0 bridgehead atoms. The number of amides is 2. The highest BCUT2D eigenvalue weighted by atomic mass is 16.3. The second-order valence-corrected chi connectivity index (χ2v) is 4.66. The summed E-state index contributed by atoms with van der Waals surface area (Å²) in [6.45, 7) is 2.28. The molecule has 0 spiro atoms. The van der Waals surface area contributed by atoms with Crippen molar-refractivity contribution in [3.05, 3.63) is 29.8 Å². The number of phenolic OH excluding ortho intramolecular Hbond substituents is 1. The molecule has 2 rings (SSSR count). The summed E-state index contributed by atoms with van der Waals surface area (Å²) in [4.78, 5) is 25.3. The second-order valence-electron chi connectivity index (χ2n) is 4.66. The van der Waals surface area contributed by atoms with Gasteiger partial charge in [-0.05, 0) is 37.5 Å². The lowest BCUT2D eigenvalue weighted by molar-refractivity contribution is -0.147. The number of nitrogens with zero attached hydrogens (tertiary/aromatic N) is 1. The van der Waals surface area contributed by atoms with E-state index in [0.717, 1.165) is 18.4 Å². The molecule has 0 saturated carbocycles. The minimum Gasteiger partial charge on any atom is -0.508 e. The van der Waals surface area contributed by atoms with Crippen LogP contribution in [0.4, 0.5) is 0 Å². The van der Waals surface area contributed by atoms with Gasteiger partial charge in [-0.15, -0.1) is 0 Å². The first-order valence-corrected chi connectivity index (χ1v) is 6.22. The van der Waals surface area contributed by atoms with Crippen LogP contribution in [-0.2, 0) is 9.59 Å². The summed E-state index contributed by atoms with van der Waals surface area (Å²) in [6.07, 6.45) is 2.20. The molecule has 18 heavy (non-hydrogen) atoms. The lowest BCUT2D eigenvalue weighted by Gasteiger charge is -2.27. The van der Waals surface area contributed by atoms with Crippen LogP contribution in [0.25, 0.3) is 0 Å². The first kappa shape index (κ1) is 12.6. The number of hydrogen-bond donors (Lipinski definition) is 1. The fraction of sp³-hybridized carbons (Fsp3) is 0.429. The Bertz CT molecular complexity index is 470. The summed E-state index contributed by atoms with van der Waals surface area (Å²) < 4.78 is 0. The Labute approximate surface area is 106 Å². The molecule has 0 radical (unpaired) electrons. The first-order valence-electron chi connectivity index (χ1n) is 6.22. The maximum absolute atomic E-state index is 12.2. The zero-order chi connectivity index (χ0) is 13.1. The molecular formula is C14H17NO3. The third kappa shape index (κ3) is 2.53. The fourth-order valence-electron chi connectivity index (χ4n) is 2.21. The third-order valence-corrected chi connectivity index (χ3v) is 3.33. The molecule has 2 amide bonds. The van der Waals surface area contributed by atoms with Crippen molar-refractivity contribution in [1.82, 2.24) is 4.90 Å². The number of likely N-dealkylation sites (tertiary alicyclic amines) is 1. The van der Waals surface area contributed by atoms with Gasteiger partial charge in [-0.25, -0.2) is 0 Å². The van der Waals surface area contributed by atoms with Gasteiger partial charge in [0, 0.05) is 13.0 Å². The number of phenols is 1. The van der Waals surface area contributed by atoms with Crippen LogP contribution in [0.3, 0.4) is 0 Å². The Morgan fingerprint density at radius 2 is 2.17 bits per heavy atom. The predicted octanol–water partition coefficient (Wildman–Crippen LogP) is 2.03. The van der Waals surface area contributed by atoms with Gasteiger partial charge in [0.15, 0.2) is 0 Å². The molecule has 1 fully saturated rings.